The van der Waals surface area contributed by atoms with E-state index in [4.69, 9.17) is 9.47 Å². The number of carbonyl (C=O) groups is 2. The molecule has 0 N–H and O–H groups in total. The van der Waals surface area contributed by atoms with Crippen LogP contribution in [0.15, 0.2) is 24.3 Å². The van der Waals surface area contributed by atoms with Crippen LogP contribution in [-0.4, -0.2) is 47.7 Å². The maximum absolute atomic E-state index is 13.1. The van der Waals surface area contributed by atoms with Gasteiger partial charge in [-0.3, -0.25) is 4.79 Å². The van der Waals surface area contributed by atoms with E-state index in [1.165, 1.54) is 0 Å². The Hall–Kier alpha value is -1.69. The van der Waals surface area contributed by atoms with Gasteiger partial charge in [-0.2, -0.15) is 0 Å². The molecular formula is C19H27NO4S. The molecule has 1 fully saturated rings. The molecule has 0 radical (unpaired) electrons. The minimum atomic E-state index is -0.546. The van der Waals surface area contributed by atoms with Gasteiger partial charge in [0.15, 0.2) is 0 Å². The van der Waals surface area contributed by atoms with Crippen molar-refractivity contribution >= 4 is 23.6 Å². The first-order valence-electron chi connectivity index (χ1n) is 8.60. The van der Waals surface area contributed by atoms with Crippen LogP contribution in [0, 0.1) is 11.8 Å². The Morgan fingerprint density at radius 3 is 2.60 bits per heavy atom. The Balaban J connectivity index is 2.26. The van der Waals surface area contributed by atoms with Crippen LogP contribution in [0.1, 0.15) is 38.1 Å². The molecule has 2 atom stereocenters. The van der Waals surface area contributed by atoms with Crippen LogP contribution in [0.25, 0.3) is 0 Å². The third-order valence-corrected chi connectivity index (χ3v) is 5.61. The number of nitrogens with zero attached hydrogens (tertiary/aromatic N) is 1. The number of hydrogen-bond acceptors (Lipinski definition) is 5. The minimum Gasteiger partial charge on any atom is -0.497 e. The van der Waals surface area contributed by atoms with E-state index in [1.807, 2.05) is 13.8 Å². The second kappa shape index (κ2) is 8.61. The lowest BCUT2D eigenvalue weighted by Gasteiger charge is -2.30. The van der Waals surface area contributed by atoms with Gasteiger partial charge in [0.1, 0.15) is 11.8 Å². The van der Waals surface area contributed by atoms with Crippen molar-refractivity contribution in [2.24, 2.45) is 11.8 Å². The summed E-state index contributed by atoms with van der Waals surface area (Å²) in [5.41, 5.74) is 0.522. The Morgan fingerprint density at radius 2 is 2.00 bits per heavy atom. The van der Waals surface area contributed by atoms with E-state index in [0.29, 0.717) is 23.7 Å². The van der Waals surface area contributed by atoms with Gasteiger partial charge in [-0.15, -0.1) is 11.8 Å². The van der Waals surface area contributed by atoms with Gasteiger partial charge in [-0.1, -0.05) is 33.8 Å². The first kappa shape index (κ1) is 19.6. The predicted octanol–water partition coefficient (Wildman–Crippen LogP) is 3.43. The Morgan fingerprint density at radius 1 is 1.28 bits per heavy atom. The summed E-state index contributed by atoms with van der Waals surface area (Å²) in [6.07, 6.45) is 0. The lowest BCUT2D eigenvalue weighted by atomic mass is 10.1. The van der Waals surface area contributed by atoms with Crippen molar-refractivity contribution in [3.05, 3.63) is 29.8 Å². The van der Waals surface area contributed by atoms with Crippen molar-refractivity contribution in [1.29, 1.82) is 0 Å². The smallest absolute Gasteiger partial charge is 0.329 e. The van der Waals surface area contributed by atoms with Crippen molar-refractivity contribution in [3.8, 4) is 5.75 Å². The van der Waals surface area contributed by atoms with Gasteiger partial charge in [-0.05, 0) is 30.0 Å². The van der Waals surface area contributed by atoms with Gasteiger partial charge in [-0.25, -0.2) is 4.79 Å². The summed E-state index contributed by atoms with van der Waals surface area (Å²) >= 11 is 1.64. The zero-order chi connectivity index (χ0) is 18.6. The molecule has 1 saturated heterocycles. The summed E-state index contributed by atoms with van der Waals surface area (Å²) in [5.74, 6) is 1.21. The monoisotopic (exact) mass is 365 g/mol. The topological polar surface area (TPSA) is 55.8 Å². The first-order chi connectivity index (χ1) is 11.8. The molecule has 2 rings (SSSR count). The molecule has 1 aliphatic rings. The van der Waals surface area contributed by atoms with E-state index in [1.54, 1.807) is 48.0 Å². The average Bonchev–Trinajstić information content (AvgIpc) is 3.04. The fourth-order valence-corrected chi connectivity index (χ4v) is 4.19. The molecule has 2 unspecified atom stereocenters. The largest absolute Gasteiger partial charge is 0.497 e. The molecule has 1 amide bonds. The maximum atomic E-state index is 13.1. The summed E-state index contributed by atoms with van der Waals surface area (Å²) in [7, 11) is 1.57. The van der Waals surface area contributed by atoms with E-state index < -0.39 is 6.04 Å². The van der Waals surface area contributed by atoms with Crippen molar-refractivity contribution < 1.29 is 19.1 Å². The third-order valence-electron chi connectivity index (χ3n) is 3.99. The van der Waals surface area contributed by atoms with E-state index in [0.717, 1.165) is 0 Å². The Kier molecular flexibility index (Phi) is 6.76. The van der Waals surface area contributed by atoms with Gasteiger partial charge in [0.05, 0.1) is 19.1 Å². The van der Waals surface area contributed by atoms with Gasteiger partial charge in [0, 0.05) is 11.3 Å². The minimum absolute atomic E-state index is 0.0460. The van der Waals surface area contributed by atoms with Gasteiger partial charge < -0.3 is 14.4 Å². The van der Waals surface area contributed by atoms with Gasteiger partial charge in [0.2, 0.25) is 0 Å². The fourth-order valence-electron chi connectivity index (χ4n) is 2.73. The molecule has 0 saturated carbocycles. The molecule has 1 aliphatic heterocycles. The van der Waals surface area contributed by atoms with E-state index >= 15 is 0 Å². The lowest BCUT2D eigenvalue weighted by molar-refractivity contribution is -0.149. The molecule has 1 aromatic carbocycles. The van der Waals surface area contributed by atoms with Crippen LogP contribution in [0.2, 0.25) is 0 Å². The number of ether oxygens (including phenoxy) is 2. The molecule has 1 heterocycles. The highest BCUT2D eigenvalue weighted by Crippen LogP contribution is 2.36. The molecule has 25 heavy (non-hydrogen) atoms. The van der Waals surface area contributed by atoms with Crippen molar-refractivity contribution in [2.45, 2.75) is 39.1 Å². The highest BCUT2D eigenvalue weighted by Gasteiger charge is 2.44. The van der Waals surface area contributed by atoms with Crippen LogP contribution in [0.4, 0.5) is 0 Å². The molecular weight excluding hydrogens is 338 g/mol. The number of esters is 1. The van der Waals surface area contributed by atoms with Crippen molar-refractivity contribution in [2.75, 3.05) is 19.5 Å². The molecule has 0 aromatic heterocycles. The Bertz CT molecular complexity index is 617. The summed E-state index contributed by atoms with van der Waals surface area (Å²) in [6.45, 7) is 8.48. The molecule has 0 spiro atoms. The molecule has 1 aromatic rings. The average molecular weight is 365 g/mol. The van der Waals surface area contributed by atoms with E-state index in [2.05, 4.69) is 13.8 Å². The normalized spacial score (nSPS) is 20.2. The number of carbonyl (C=O) groups excluding carboxylic acids is 2. The predicted molar refractivity (Wildman–Crippen MR) is 99.8 cm³/mol. The number of methoxy groups -OCH3 is 1. The SMILES string of the molecule is COc1cccc(C(=O)N2C(C(=O)OCC(C)C)CSC2C(C)C)c1. The van der Waals surface area contributed by atoms with Gasteiger partial charge in [0.25, 0.3) is 5.91 Å². The molecule has 0 bridgehead atoms. The maximum Gasteiger partial charge on any atom is 0.329 e. The molecule has 5 nitrogen and oxygen atoms in total. The summed E-state index contributed by atoms with van der Waals surface area (Å²) < 4.78 is 10.6. The van der Waals surface area contributed by atoms with E-state index in [9.17, 15) is 9.59 Å². The number of benzene rings is 1. The number of thioether (sulfide) groups is 1. The van der Waals surface area contributed by atoms with Crippen LogP contribution in [-0.2, 0) is 9.53 Å². The standard InChI is InChI=1S/C19H27NO4S/c1-12(2)10-24-19(22)16-11-25-18(13(3)4)20(16)17(21)14-7-6-8-15(9-14)23-5/h6-9,12-13,16,18H,10-11H2,1-5H3. The highest BCUT2D eigenvalue weighted by atomic mass is 32.2. The third kappa shape index (κ3) is 4.69. The molecule has 6 heteroatoms. The van der Waals surface area contributed by atoms with Gasteiger partial charge >= 0.3 is 5.97 Å². The lowest BCUT2D eigenvalue weighted by Crippen LogP contribution is -2.48. The highest BCUT2D eigenvalue weighted by molar-refractivity contribution is 8.00. The molecule has 138 valence electrons. The van der Waals surface area contributed by atoms with Crippen molar-refractivity contribution in [1.82, 2.24) is 4.90 Å². The number of hydrogen-bond donors (Lipinski definition) is 0. The summed E-state index contributed by atoms with van der Waals surface area (Å²) in [4.78, 5) is 27.4. The second-order valence-electron chi connectivity index (χ2n) is 6.95. The van der Waals surface area contributed by atoms with Crippen molar-refractivity contribution in [3.63, 3.8) is 0 Å². The number of rotatable bonds is 6. The van der Waals surface area contributed by atoms with Crippen LogP contribution in [0.3, 0.4) is 0 Å². The quantitative estimate of drug-likeness (QED) is 0.723. The van der Waals surface area contributed by atoms with Crippen LogP contribution < -0.4 is 4.74 Å². The number of amides is 1. The summed E-state index contributed by atoms with van der Waals surface area (Å²) in [5, 5.41) is -0.0460. The zero-order valence-corrected chi connectivity index (χ0v) is 16.3. The Labute approximate surface area is 154 Å². The molecule has 0 aliphatic carbocycles. The van der Waals surface area contributed by atoms with Crippen LogP contribution in [0.5, 0.6) is 5.75 Å². The van der Waals surface area contributed by atoms with E-state index in [-0.39, 0.29) is 29.1 Å². The van der Waals surface area contributed by atoms with Crippen LogP contribution >= 0.6 is 11.8 Å². The second-order valence-corrected chi connectivity index (χ2v) is 8.10. The summed E-state index contributed by atoms with van der Waals surface area (Å²) in [6, 6.07) is 6.49. The zero-order valence-electron chi connectivity index (χ0n) is 15.5. The fraction of sp³-hybridized carbons (Fsp3) is 0.579. The first-order valence-corrected chi connectivity index (χ1v) is 9.65.